The Kier molecular flexibility index (Phi) is 8.47. The van der Waals surface area contributed by atoms with Crippen LogP contribution in [0.5, 0.6) is 11.5 Å². The summed E-state index contributed by atoms with van der Waals surface area (Å²) < 4.78 is 32.3. The second-order valence-electron chi connectivity index (χ2n) is 6.48. The summed E-state index contributed by atoms with van der Waals surface area (Å²) in [6.07, 6.45) is -4.78. The van der Waals surface area contributed by atoms with Crippen LogP contribution >= 0.6 is 0 Å². The number of hydrogen-bond acceptors (Lipinski definition) is 10. The molecule has 31 heavy (non-hydrogen) atoms. The van der Waals surface area contributed by atoms with Gasteiger partial charge in [-0.05, 0) is 29.8 Å². The molecule has 1 aromatic rings. The molecule has 0 spiro atoms. The molecule has 1 unspecified atom stereocenters. The Hall–Kier alpha value is -3.50. The Morgan fingerprint density at radius 1 is 1.00 bits per heavy atom. The molecule has 0 aromatic heterocycles. The Balaban J connectivity index is 2.40. The molecule has 12 heteroatoms. The van der Waals surface area contributed by atoms with E-state index in [2.05, 4.69) is 10.0 Å². The van der Waals surface area contributed by atoms with Crippen molar-refractivity contribution >= 4 is 17.9 Å². The number of esters is 3. The number of benzene rings is 1. The average molecular weight is 437 g/mol. The van der Waals surface area contributed by atoms with Crippen LogP contribution in [0.3, 0.4) is 0 Å². The maximum Gasteiger partial charge on any atom is 0.303 e. The van der Waals surface area contributed by atoms with Crippen LogP contribution in [0.25, 0.3) is 10.4 Å². The zero-order valence-corrected chi connectivity index (χ0v) is 17.4. The number of azide groups is 1. The van der Waals surface area contributed by atoms with Crippen LogP contribution in [0.4, 0.5) is 0 Å². The van der Waals surface area contributed by atoms with Gasteiger partial charge in [0.25, 0.3) is 0 Å². The van der Waals surface area contributed by atoms with Gasteiger partial charge in [0.2, 0.25) is 6.29 Å². The van der Waals surface area contributed by atoms with E-state index in [1.165, 1.54) is 14.0 Å². The second-order valence-corrected chi connectivity index (χ2v) is 6.48. The van der Waals surface area contributed by atoms with Gasteiger partial charge in [0, 0.05) is 25.7 Å². The monoisotopic (exact) mass is 437 g/mol. The fraction of sp³-hybridized carbons (Fsp3) is 0.526. The lowest BCUT2D eigenvalue weighted by Crippen LogP contribution is -2.62. The van der Waals surface area contributed by atoms with Crippen molar-refractivity contribution < 1.29 is 42.8 Å². The molecule has 0 amide bonds. The van der Waals surface area contributed by atoms with E-state index < -0.39 is 48.6 Å². The van der Waals surface area contributed by atoms with E-state index in [0.717, 1.165) is 13.8 Å². The summed E-state index contributed by atoms with van der Waals surface area (Å²) in [4.78, 5) is 37.4. The summed E-state index contributed by atoms with van der Waals surface area (Å²) in [5.74, 6) is -1.09. The van der Waals surface area contributed by atoms with Gasteiger partial charge in [0.05, 0.1) is 7.11 Å². The molecule has 1 aliphatic rings. The Morgan fingerprint density at radius 3 is 2.10 bits per heavy atom. The van der Waals surface area contributed by atoms with Crippen molar-refractivity contribution in [3.63, 3.8) is 0 Å². The largest absolute Gasteiger partial charge is 0.497 e. The summed E-state index contributed by atoms with van der Waals surface area (Å²) in [6.45, 7) is 3.17. The molecule has 1 aliphatic heterocycles. The van der Waals surface area contributed by atoms with Gasteiger partial charge in [-0.3, -0.25) is 14.4 Å². The van der Waals surface area contributed by atoms with Crippen LogP contribution in [-0.4, -0.2) is 62.3 Å². The van der Waals surface area contributed by atoms with Crippen molar-refractivity contribution in [2.45, 2.75) is 51.4 Å². The number of nitrogens with zero attached hydrogens (tertiary/aromatic N) is 3. The summed E-state index contributed by atoms with van der Waals surface area (Å²) in [5, 5.41) is 3.65. The lowest BCUT2D eigenvalue weighted by atomic mass is 9.96. The van der Waals surface area contributed by atoms with Crippen LogP contribution in [0, 0.1) is 0 Å². The van der Waals surface area contributed by atoms with Gasteiger partial charge in [-0.1, -0.05) is 5.11 Å². The Labute approximate surface area is 177 Å². The van der Waals surface area contributed by atoms with Gasteiger partial charge in [-0.25, -0.2) is 0 Å². The van der Waals surface area contributed by atoms with Crippen LogP contribution in [-0.2, 0) is 33.3 Å². The molecule has 1 fully saturated rings. The standard InChI is InChI=1S/C19H23N3O9/c1-10(23)27-9-15-17(28-11(2)24)18(29-12(3)25)16(21-22-20)19(31-15)30-14-7-5-13(26-4)6-8-14/h5-8,15-19H,9H2,1-4H3/t15-,16-,17-,18-,19?/m1/s1. The zero-order valence-electron chi connectivity index (χ0n) is 17.4. The summed E-state index contributed by atoms with van der Waals surface area (Å²) in [5.41, 5.74) is 9.05. The average Bonchev–Trinajstić information content (AvgIpc) is 2.70. The van der Waals surface area contributed by atoms with E-state index in [-0.39, 0.29) is 6.61 Å². The van der Waals surface area contributed by atoms with Crippen LogP contribution < -0.4 is 9.47 Å². The maximum absolute atomic E-state index is 11.7. The number of ether oxygens (including phenoxy) is 6. The van der Waals surface area contributed by atoms with Gasteiger partial charge in [0.15, 0.2) is 12.2 Å². The molecular weight excluding hydrogens is 414 g/mol. The minimum atomic E-state index is -1.25. The lowest BCUT2D eigenvalue weighted by molar-refractivity contribution is -0.253. The molecule has 0 saturated carbocycles. The van der Waals surface area contributed by atoms with E-state index >= 15 is 0 Å². The molecule has 1 heterocycles. The third-order valence-corrected chi connectivity index (χ3v) is 4.17. The van der Waals surface area contributed by atoms with E-state index in [1.54, 1.807) is 24.3 Å². The quantitative estimate of drug-likeness (QED) is 0.195. The highest BCUT2D eigenvalue weighted by molar-refractivity contribution is 5.68. The zero-order chi connectivity index (χ0) is 23.0. The predicted octanol–water partition coefficient (Wildman–Crippen LogP) is 1.90. The SMILES string of the molecule is COc1ccc(OC2O[C@H](COC(C)=O)[C@@H](OC(C)=O)[C@H](OC(C)=O)[C@H]2N=[N+]=[N-])cc1. The molecule has 168 valence electrons. The molecule has 1 aromatic carbocycles. The molecule has 0 bridgehead atoms. The van der Waals surface area contributed by atoms with Crippen molar-refractivity contribution in [2.24, 2.45) is 5.11 Å². The first-order valence-corrected chi connectivity index (χ1v) is 9.23. The van der Waals surface area contributed by atoms with E-state index in [9.17, 15) is 14.4 Å². The number of hydrogen-bond donors (Lipinski definition) is 0. The number of methoxy groups -OCH3 is 1. The highest BCUT2D eigenvalue weighted by Crippen LogP contribution is 2.31. The third-order valence-electron chi connectivity index (χ3n) is 4.17. The van der Waals surface area contributed by atoms with E-state index in [1.807, 2.05) is 0 Å². The molecule has 0 aliphatic carbocycles. The highest BCUT2D eigenvalue weighted by atomic mass is 16.7. The lowest BCUT2D eigenvalue weighted by Gasteiger charge is -2.43. The summed E-state index contributed by atoms with van der Waals surface area (Å²) in [7, 11) is 1.51. The van der Waals surface area contributed by atoms with Gasteiger partial charge in [-0.2, -0.15) is 0 Å². The van der Waals surface area contributed by atoms with E-state index in [4.69, 9.17) is 34.0 Å². The first kappa shape index (κ1) is 23.8. The van der Waals surface area contributed by atoms with Crippen molar-refractivity contribution in [3.8, 4) is 11.5 Å². The molecule has 1 saturated heterocycles. The van der Waals surface area contributed by atoms with E-state index in [0.29, 0.717) is 11.5 Å². The minimum absolute atomic E-state index is 0.323. The molecule has 2 rings (SSSR count). The Bertz CT molecular complexity index is 839. The first-order chi connectivity index (χ1) is 14.7. The fourth-order valence-corrected chi connectivity index (χ4v) is 2.95. The highest BCUT2D eigenvalue weighted by Gasteiger charge is 2.51. The molecular formula is C19H23N3O9. The number of rotatable bonds is 8. The van der Waals surface area contributed by atoms with Crippen LogP contribution in [0.15, 0.2) is 29.4 Å². The van der Waals surface area contributed by atoms with Crippen molar-refractivity contribution in [2.75, 3.05) is 13.7 Å². The Morgan fingerprint density at radius 2 is 1.58 bits per heavy atom. The van der Waals surface area contributed by atoms with Gasteiger partial charge in [0.1, 0.15) is 30.3 Å². The second kappa shape index (κ2) is 11.0. The fourth-order valence-electron chi connectivity index (χ4n) is 2.95. The van der Waals surface area contributed by atoms with Crippen LogP contribution in [0.2, 0.25) is 0 Å². The van der Waals surface area contributed by atoms with Gasteiger partial charge >= 0.3 is 17.9 Å². The summed E-state index contributed by atoms with van der Waals surface area (Å²) in [6, 6.07) is 5.25. The minimum Gasteiger partial charge on any atom is -0.497 e. The normalized spacial score (nSPS) is 24.8. The predicted molar refractivity (Wildman–Crippen MR) is 103 cm³/mol. The number of carbonyl (C=O) groups is 3. The number of carbonyl (C=O) groups excluding carboxylic acids is 3. The smallest absolute Gasteiger partial charge is 0.303 e. The van der Waals surface area contributed by atoms with Gasteiger partial charge < -0.3 is 28.4 Å². The topological polar surface area (TPSA) is 155 Å². The third kappa shape index (κ3) is 6.76. The van der Waals surface area contributed by atoms with Crippen molar-refractivity contribution in [1.82, 2.24) is 0 Å². The first-order valence-electron chi connectivity index (χ1n) is 9.23. The van der Waals surface area contributed by atoms with Gasteiger partial charge in [-0.15, -0.1) is 0 Å². The molecule has 12 nitrogen and oxygen atoms in total. The molecule has 0 N–H and O–H groups in total. The molecule has 0 radical (unpaired) electrons. The van der Waals surface area contributed by atoms with Crippen molar-refractivity contribution in [3.05, 3.63) is 34.7 Å². The van der Waals surface area contributed by atoms with Crippen LogP contribution in [0.1, 0.15) is 20.8 Å². The molecule has 5 atom stereocenters. The summed E-state index contributed by atoms with van der Waals surface area (Å²) >= 11 is 0. The van der Waals surface area contributed by atoms with Crippen molar-refractivity contribution in [1.29, 1.82) is 0 Å². The maximum atomic E-state index is 11.7.